The lowest BCUT2D eigenvalue weighted by molar-refractivity contribution is -0.119. The van der Waals surface area contributed by atoms with Crippen molar-refractivity contribution in [3.05, 3.63) is 60.7 Å². The Bertz CT molecular complexity index is 1150. The molecule has 0 aliphatic carbocycles. The largest absolute Gasteiger partial charge is 0.365 e. The van der Waals surface area contributed by atoms with Crippen LogP contribution in [-0.2, 0) is 4.79 Å². The highest BCUT2D eigenvalue weighted by molar-refractivity contribution is 5.91. The minimum atomic E-state index is 0.0275. The summed E-state index contributed by atoms with van der Waals surface area (Å²) in [6.07, 6.45) is 0. The third kappa shape index (κ3) is 4.44. The molecule has 0 spiro atoms. The number of aromatic amines is 1. The molecule has 154 valence electrons. The van der Waals surface area contributed by atoms with E-state index in [-0.39, 0.29) is 5.91 Å². The number of carbonyl (C=O) groups excluding carboxylic acids is 1. The number of anilines is 1. The summed E-state index contributed by atoms with van der Waals surface area (Å²) in [6.45, 7) is 1.82. The Balaban J connectivity index is 1.49. The van der Waals surface area contributed by atoms with Gasteiger partial charge in [0.1, 0.15) is 5.82 Å². The molecule has 0 radical (unpaired) electrons. The first-order chi connectivity index (χ1) is 14.5. The van der Waals surface area contributed by atoms with Crippen LogP contribution < -0.4 is 10.2 Å². The molecule has 1 amide bonds. The van der Waals surface area contributed by atoms with Gasteiger partial charge in [-0.25, -0.2) is 4.98 Å². The monoisotopic (exact) mass is 401 g/mol. The summed E-state index contributed by atoms with van der Waals surface area (Å²) in [7, 11) is 5.93. The Morgan fingerprint density at radius 3 is 2.57 bits per heavy atom. The van der Waals surface area contributed by atoms with Crippen molar-refractivity contribution in [3.63, 3.8) is 0 Å². The second kappa shape index (κ2) is 8.55. The first kappa shape index (κ1) is 19.9. The van der Waals surface area contributed by atoms with Gasteiger partial charge in [0.25, 0.3) is 0 Å². The molecule has 0 saturated carbocycles. The first-order valence-corrected chi connectivity index (χ1v) is 10.1. The molecule has 1 heterocycles. The van der Waals surface area contributed by atoms with Crippen molar-refractivity contribution in [2.24, 2.45) is 0 Å². The molecule has 1 aromatic heterocycles. The van der Waals surface area contributed by atoms with Crippen LogP contribution in [-0.4, -0.2) is 61.6 Å². The molecule has 0 unspecified atom stereocenters. The molecule has 0 saturated heterocycles. The molecule has 0 aliphatic heterocycles. The normalized spacial score (nSPS) is 11.3. The molecular weight excluding hydrogens is 374 g/mol. The minimum absolute atomic E-state index is 0.0275. The molecule has 0 aliphatic rings. The molecule has 0 fully saturated rings. The Morgan fingerprint density at radius 1 is 1.00 bits per heavy atom. The van der Waals surface area contributed by atoms with E-state index < -0.39 is 0 Å². The van der Waals surface area contributed by atoms with Crippen molar-refractivity contribution in [3.8, 4) is 11.4 Å². The summed E-state index contributed by atoms with van der Waals surface area (Å²) in [5, 5.41) is 5.23. The van der Waals surface area contributed by atoms with E-state index in [0.29, 0.717) is 13.1 Å². The van der Waals surface area contributed by atoms with Gasteiger partial charge in [0, 0.05) is 31.4 Å². The van der Waals surface area contributed by atoms with Crippen LogP contribution >= 0.6 is 0 Å². The highest BCUT2D eigenvalue weighted by atomic mass is 16.2. The molecule has 6 heteroatoms. The first-order valence-electron chi connectivity index (χ1n) is 10.1. The van der Waals surface area contributed by atoms with Crippen LogP contribution in [0.3, 0.4) is 0 Å². The fourth-order valence-electron chi connectivity index (χ4n) is 3.49. The number of amides is 1. The van der Waals surface area contributed by atoms with Gasteiger partial charge in [-0.3, -0.25) is 4.79 Å². The number of hydrogen-bond donors (Lipinski definition) is 2. The number of aromatic nitrogens is 2. The number of para-hydroxylation sites is 2. The number of fused-ring (bicyclic) bond motifs is 2. The van der Waals surface area contributed by atoms with Crippen molar-refractivity contribution < 1.29 is 4.79 Å². The van der Waals surface area contributed by atoms with E-state index in [1.165, 1.54) is 0 Å². The van der Waals surface area contributed by atoms with E-state index in [1.807, 2.05) is 55.2 Å². The van der Waals surface area contributed by atoms with Crippen LogP contribution in [0, 0.1) is 0 Å². The van der Waals surface area contributed by atoms with Gasteiger partial charge >= 0.3 is 0 Å². The number of rotatable bonds is 7. The van der Waals surface area contributed by atoms with Gasteiger partial charge in [0.15, 0.2) is 0 Å². The van der Waals surface area contributed by atoms with Crippen molar-refractivity contribution in [2.45, 2.75) is 0 Å². The second-order valence-electron chi connectivity index (χ2n) is 7.86. The Morgan fingerprint density at radius 2 is 1.77 bits per heavy atom. The van der Waals surface area contributed by atoms with Crippen LogP contribution in [0.25, 0.3) is 33.2 Å². The molecule has 0 bridgehead atoms. The maximum absolute atomic E-state index is 12.2. The topological polar surface area (TPSA) is 64.3 Å². The van der Waals surface area contributed by atoms with Gasteiger partial charge in [0.05, 0.1) is 17.6 Å². The van der Waals surface area contributed by atoms with Crippen molar-refractivity contribution in [1.29, 1.82) is 0 Å². The molecule has 2 N–H and O–H groups in total. The molecular formula is C24H27N5O. The van der Waals surface area contributed by atoms with Gasteiger partial charge in [-0.05, 0) is 55.2 Å². The van der Waals surface area contributed by atoms with E-state index in [4.69, 9.17) is 4.98 Å². The van der Waals surface area contributed by atoms with E-state index in [0.717, 1.165) is 45.4 Å². The van der Waals surface area contributed by atoms with Gasteiger partial charge in [-0.2, -0.15) is 0 Å². The third-order valence-electron chi connectivity index (χ3n) is 5.19. The number of H-pyrrole nitrogens is 1. The number of carbonyl (C=O) groups is 1. The SMILES string of the molecule is CN(C)CCNC(=O)CN(C)c1ccc2cc(-c3nc4ccccc4[nH]3)ccc2c1. The van der Waals surface area contributed by atoms with Crippen LogP contribution in [0.15, 0.2) is 60.7 Å². The molecule has 4 aromatic rings. The Kier molecular flexibility index (Phi) is 5.68. The third-order valence-corrected chi connectivity index (χ3v) is 5.19. The number of imidazole rings is 1. The van der Waals surface area contributed by atoms with Crippen LogP contribution in [0.2, 0.25) is 0 Å². The molecule has 30 heavy (non-hydrogen) atoms. The zero-order chi connectivity index (χ0) is 21.1. The molecule has 6 nitrogen and oxygen atoms in total. The maximum atomic E-state index is 12.2. The standard InChI is InChI=1S/C24H27N5O/c1-28(2)13-12-25-23(30)16-29(3)20-11-10-17-14-19(9-8-18(17)15-20)24-26-21-6-4-5-7-22(21)27-24/h4-11,14-15H,12-13,16H2,1-3H3,(H,25,30)(H,26,27). The van der Waals surface area contributed by atoms with E-state index >= 15 is 0 Å². The number of likely N-dealkylation sites (N-methyl/N-ethyl adjacent to an activating group) is 2. The smallest absolute Gasteiger partial charge is 0.239 e. The number of nitrogens with one attached hydrogen (secondary N) is 2. The van der Waals surface area contributed by atoms with Gasteiger partial charge in [-0.15, -0.1) is 0 Å². The highest BCUT2D eigenvalue weighted by Gasteiger charge is 2.10. The summed E-state index contributed by atoms with van der Waals surface area (Å²) in [6, 6.07) is 20.6. The van der Waals surface area contributed by atoms with Crippen LogP contribution in [0.1, 0.15) is 0 Å². The summed E-state index contributed by atoms with van der Waals surface area (Å²) in [4.78, 5) is 24.3. The summed E-state index contributed by atoms with van der Waals surface area (Å²) in [5.41, 5.74) is 4.07. The Labute approximate surface area is 176 Å². The van der Waals surface area contributed by atoms with Crippen molar-refractivity contribution in [2.75, 3.05) is 45.7 Å². The van der Waals surface area contributed by atoms with E-state index in [9.17, 15) is 4.79 Å². The lowest BCUT2D eigenvalue weighted by Gasteiger charge is -2.20. The number of hydrogen-bond acceptors (Lipinski definition) is 4. The quantitative estimate of drug-likeness (QED) is 0.498. The zero-order valence-corrected chi connectivity index (χ0v) is 17.6. The fraction of sp³-hybridized carbons (Fsp3) is 0.250. The van der Waals surface area contributed by atoms with Crippen LogP contribution in [0.5, 0.6) is 0 Å². The number of nitrogens with zero attached hydrogens (tertiary/aromatic N) is 3. The van der Waals surface area contributed by atoms with Crippen LogP contribution in [0.4, 0.5) is 5.69 Å². The van der Waals surface area contributed by atoms with Crippen molar-refractivity contribution >= 4 is 33.4 Å². The lowest BCUT2D eigenvalue weighted by atomic mass is 10.1. The van der Waals surface area contributed by atoms with Gasteiger partial charge in [0.2, 0.25) is 5.91 Å². The number of benzene rings is 3. The second-order valence-corrected chi connectivity index (χ2v) is 7.86. The summed E-state index contributed by atoms with van der Waals surface area (Å²) >= 11 is 0. The molecule has 0 atom stereocenters. The Hall–Kier alpha value is -3.38. The maximum Gasteiger partial charge on any atom is 0.239 e. The van der Waals surface area contributed by atoms with Crippen molar-refractivity contribution in [1.82, 2.24) is 20.2 Å². The molecule has 3 aromatic carbocycles. The average Bonchev–Trinajstić information content (AvgIpc) is 3.17. The van der Waals surface area contributed by atoms with E-state index in [1.54, 1.807) is 0 Å². The minimum Gasteiger partial charge on any atom is -0.365 e. The highest BCUT2D eigenvalue weighted by Crippen LogP contribution is 2.27. The average molecular weight is 402 g/mol. The molecule has 4 rings (SSSR count). The predicted molar refractivity (Wildman–Crippen MR) is 124 cm³/mol. The zero-order valence-electron chi connectivity index (χ0n) is 17.6. The van der Waals surface area contributed by atoms with Gasteiger partial charge < -0.3 is 20.1 Å². The van der Waals surface area contributed by atoms with E-state index in [2.05, 4.69) is 46.7 Å². The summed E-state index contributed by atoms with van der Waals surface area (Å²) < 4.78 is 0. The summed E-state index contributed by atoms with van der Waals surface area (Å²) in [5.74, 6) is 0.897. The fourth-order valence-corrected chi connectivity index (χ4v) is 3.49. The predicted octanol–water partition coefficient (Wildman–Crippen LogP) is 3.50. The van der Waals surface area contributed by atoms with Gasteiger partial charge in [-0.1, -0.05) is 30.3 Å². The lowest BCUT2D eigenvalue weighted by Crippen LogP contribution is -2.38.